The minimum atomic E-state index is -0.926. The molecule has 4 fully saturated rings. The summed E-state index contributed by atoms with van der Waals surface area (Å²) in [6.07, 6.45) is 6.35. The van der Waals surface area contributed by atoms with E-state index in [4.69, 9.17) is 4.84 Å². The molecular formula is C24H28N2O5. The first kappa shape index (κ1) is 20.2. The molecule has 0 spiro atoms. The fraction of sp³-hybridized carbons (Fsp3) is 0.583. The number of benzene rings is 1. The van der Waals surface area contributed by atoms with E-state index in [9.17, 15) is 19.2 Å². The summed E-state index contributed by atoms with van der Waals surface area (Å²) in [5.74, 6) is -0.611. The standard InChI is InChI=1S/C24H28N2O5/c1-13(2)19(22(29)31-26-20(27)17-5-3-4-6-18(17)21(26)28)25-23(30)24-10-14-7-15(11-24)9-16(8-14)12-24/h3-6,13-16,19H,7-12H2,1-2H3,(H,25,30). The molecule has 1 atom stereocenters. The third-order valence-electron chi connectivity index (χ3n) is 7.67. The highest BCUT2D eigenvalue weighted by molar-refractivity contribution is 6.21. The molecule has 6 rings (SSSR count). The van der Waals surface area contributed by atoms with Crippen LogP contribution in [0.2, 0.25) is 0 Å². The highest BCUT2D eigenvalue weighted by Crippen LogP contribution is 2.60. The zero-order valence-electron chi connectivity index (χ0n) is 17.9. The van der Waals surface area contributed by atoms with Crippen molar-refractivity contribution in [3.8, 4) is 0 Å². The van der Waals surface area contributed by atoms with E-state index >= 15 is 0 Å². The van der Waals surface area contributed by atoms with E-state index in [-0.39, 0.29) is 23.0 Å². The summed E-state index contributed by atoms with van der Waals surface area (Å²) in [4.78, 5) is 56.7. The van der Waals surface area contributed by atoms with Gasteiger partial charge in [-0.1, -0.05) is 31.0 Å². The predicted molar refractivity (Wildman–Crippen MR) is 110 cm³/mol. The summed E-state index contributed by atoms with van der Waals surface area (Å²) in [6.45, 7) is 3.63. The number of carbonyl (C=O) groups excluding carboxylic acids is 4. The van der Waals surface area contributed by atoms with Crippen LogP contribution in [0.25, 0.3) is 0 Å². The lowest BCUT2D eigenvalue weighted by molar-refractivity contribution is -0.174. The Morgan fingerprint density at radius 3 is 1.90 bits per heavy atom. The maximum Gasteiger partial charge on any atom is 0.355 e. The molecule has 164 valence electrons. The van der Waals surface area contributed by atoms with Crippen molar-refractivity contribution in [2.45, 2.75) is 58.4 Å². The van der Waals surface area contributed by atoms with E-state index in [2.05, 4.69) is 5.32 Å². The lowest BCUT2D eigenvalue weighted by Crippen LogP contribution is -2.57. The number of imide groups is 1. The SMILES string of the molecule is CC(C)C(NC(=O)C12CC3CC(CC(C3)C1)C2)C(=O)ON1C(=O)c2ccccc2C1=O. The van der Waals surface area contributed by atoms with Crippen molar-refractivity contribution in [2.24, 2.45) is 29.1 Å². The molecule has 4 saturated carbocycles. The Morgan fingerprint density at radius 2 is 1.45 bits per heavy atom. The number of hydrogen-bond acceptors (Lipinski definition) is 5. The highest BCUT2D eigenvalue weighted by Gasteiger charge is 2.55. The zero-order chi connectivity index (χ0) is 21.9. The van der Waals surface area contributed by atoms with Crippen LogP contribution in [0.5, 0.6) is 0 Å². The number of amides is 3. The summed E-state index contributed by atoms with van der Waals surface area (Å²) in [6, 6.07) is 5.43. The Hall–Kier alpha value is -2.70. The first-order valence-electron chi connectivity index (χ1n) is 11.3. The maximum atomic E-state index is 13.4. The largest absolute Gasteiger partial charge is 0.355 e. The maximum absolute atomic E-state index is 13.4. The second kappa shape index (κ2) is 7.18. The molecule has 7 nitrogen and oxygen atoms in total. The first-order valence-corrected chi connectivity index (χ1v) is 11.3. The van der Waals surface area contributed by atoms with E-state index in [0.29, 0.717) is 22.8 Å². The Kier molecular flexibility index (Phi) is 4.68. The van der Waals surface area contributed by atoms with Gasteiger partial charge in [-0.05, 0) is 74.3 Å². The van der Waals surface area contributed by atoms with Crippen molar-refractivity contribution < 1.29 is 24.0 Å². The second-order valence-electron chi connectivity index (χ2n) is 10.3. The number of nitrogens with one attached hydrogen (secondary N) is 1. The van der Waals surface area contributed by atoms with Gasteiger partial charge >= 0.3 is 5.97 Å². The molecular weight excluding hydrogens is 396 g/mol. The molecule has 5 aliphatic rings. The number of fused-ring (bicyclic) bond motifs is 1. The minimum absolute atomic E-state index is 0.0791. The van der Waals surface area contributed by atoms with Gasteiger partial charge in [0.1, 0.15) is 6.04 Å². The lowest BCUT2D eigenvalue weighted by atomic mass is 9.49. The second-order valence-corrected chi connectivity index (χ2v) is 10.3. The fourth-order valence-corrected chi connectivity index (χ4v) is 6.58. The molecule has 7 heteroatoms. The summed E-state index contributed by atoms with van der Waals surface area (Å²) in [5.41, 5.74) is 0.0236. The van der Waals surface area contributed by atoms with Crippen LogP contribution in [-0.2, 0) is 14.4 Å². The summed E-state index contributed by atoms with van der Waals surface area (Å²) in [7, 11) is 0. The molecule has 1 aromatic rings. The molecule has 3 amide bonds. The van der Waals surface area contributed by atoms with Crippen LogP contribution in [-0.4, -0.2) is 34.8 Å². The molecule has 1 aromatic carbocycles. The fourth-order valence-electron chi connectivity index (χ4n) is 6.58. The minimum Gasteiger partial charge on any atom is -0.342 e. The van der Waals surface area contributed by atoms with Gasteiger partial charge in [0, 0.05) is 5.41 Å². The van der Waals surface area contributed by atoms with Gasteiger partial charge in [0.25, 0.3) is 11.8 Å². The lowest BCUT2D eigenvalue weighted by Gasteiger charge is -2.55. The molecule has 1 heterocycles. The normalized spacial score (nSPS) is 31.7. The number of carbonyl (C=O) groups is 4. The first-order chi connectivity index (χ1) is 14.8. The topological polar surface area (TPSA) is 92.8 Å². The Bertz CT molecular complexity index is 898. The molecule has 0 radical (unpaired) electrons. The smallest absolute Gasteiger partial charge is 0.342 e. The van der Waals surface area contributed by atoms with Crippen LogP contribution < -0.4 is 5.32 Å². The Labute approximate surface area is 181 Å². The van der Waals surface area contributed by atoms with Crippen molar-refractivity contribution in [1.29, 1.82) is 0 Å². The van der Waals surface area contributed by atoms with Gasteiger partial charge < -0.3 is 10.2 Å². The van der Waals surface area contributed by atoms with E-state index in [1.807, 2.05) is 13.8 Å². The summed E-state index contributed by atoms with van der Waals surface area (Å²) >= 11 is 0. The van der Waals surface area contributed by atoms with Crippen molar-refractivity contribution in [3.63, 3.8) is 0 Å². The molecule has 31 heavy (non-hydrogen) atoms. The molecule has 0 aromatic heterocycles. The summed E-state index contributed by atoms with van der Waals surface area (Å²) < 4.78 is 0. The van der Waals surface area contributed by atoms with Crippen molar-refractivity contribution in [1.82, 2.24) is 10.4 Å². The number of hydroxylamine groups is 2. The third-order valence-corrected chi connectivity index (χ3v) is 7.67. The van der Waals surface area contributed by atoms with Crippen molar-refractivity contribution in [2.75, 3.05) is 0 Å². The molecule has 4 aliphatic carbocycles. The van der Waals surface area contributed by atoms with Gasteiger partial charge in [0.05, 0.1) is 11.1 Å². The van der Waals surface area contributed by atoms with Crippen LogP contribution >= 0.6 is 0 Å². The van der Waals surface area contributed by atoms with Crippen molar-refractivity contribution in [3.05, 3.63) is 35.4 Å². The average Bonchev–Trinajstić information content (AvgIpc) is 2.95. The van der Waals surface area contributed by atoms with Crippen LogP contribution in [0.3, 0.4) is 0 Å². The van der Waals surface area contributed by atoms with Crippen LogP contribution in [0.1, 0.15) is 73.1 Å². The van der Waals surface area contributed by atoms with Crippen LogP contribution in [0.4, 0.5) is 0 Å². The van der Waals surface area contributed by atoms with Crippen LogP contribution in [0.15, 0.2) is 24.3 Å². The van der Waals surface area contributed by atoms with Crippen molar-refractivity contribution >= 4 is 23.7 Å². The van der Waals surface area contributed by atoms with Gasteiger partial charge in [-0.15, -0.1) is 0 Å². The molecule has 1 aliphatic heterocycles. The molecule has 1 unspecified atom stereocenters. The van der Waals surface area contributed by atoms with Gasteiger partial charge in [-0.25, -0.2) is 4.79 Å². The monoisotopic (exact) mass is 424 g/mol. The van der Waals surface area contributed by atoms with E-state index in [0.717, 1.165) is 19.3 Å². The van der Waals surface area contributed by atoms with Crippen LogP contribution in [0, 0.1) is 29.1 Å². The molecule has 0 saturated heterocycles. The van der Waals surface area contributed by atoms with Gasteiger partial charge in [0.2, 0.25) is 5.91 Å². The summed E-state index contributed by atoms with van der Waals surface area (Å²) in [5, 5.41) is 3.45. The molecule has 1 N–H and O–H groups in total. The highest BCUT2D eigenvalue weighted by atomic mass is 16.7. The Morgan fingerprint density at radius 1 is 0.968 bits per heavy atom. The predicted octanol–water partition coefficient (Wildman–Crippen LogP) is 3.10. The van der Waals surface area contributed by atoms with Gasteiger partial charge in [-0.2, -0.15) is 0 Å². The van der Waals surface area contributed by atoms with E-state index in [1.54, 1.807) is 12.1 Å². The average molecular weight is 424 g/mol. The molecule has 4 bridgehead atoms. The number of hydrogen-bond donors (Lipinski definition) is 1. The van der Waals surface area contributed by atoms with Gasteiger partial charge in [0.15, 0.2) is 0 Å². The Balaban J connectivity index is 1.30. The third kappa shape index (κ3) is 3.25. The van der Waals surface area contributed by atoms with E-state index < -0.39 is 29.2 Å². The zero-order valence-corrected chi connectivity index (χ0v) is 17.9. The number of nitrogens with zero attached hydrogens (tertiary/aromatic N) is 1. The quantitative estimate of drug-likeness (QED) is 0.733. The van der Waals surface area contributed by atoms with Gasteiger partial charge in [-0.3, -0.25) is 14.4 Å². The number of rotatable bonds is 5. The van der Waals surface area contributed by atoms with E-state index in [1.165, 1.54) is 31.4 Å².